The molecule has 4 aromatic carbocycles. The lowest BCUT2D eigenvalue weighted by Crippen LogP contribution is -2.21. The van der Waals surface area contributed by atoms with E-state index >= 15 is 8.78 Å². The molecule has 0 aliphatic carbocycles. The van der Waals surface area contributed by atoms with E-state index in [2.05, 4.69) is 25.0 Å². The standard InChI is InChI=1S/C45H36F8O8/c1-3-37(54)59-27-7-5-25-57-34-21-13-30(14-22-34)10-9-29-11-15-31(16-12-29)41(46)42(47)32-17-19-33(20-18-32)43(56)61-36-24-23-35(58-26-6-8-28-60-38(55)4-2)39(44(48,49)50)40(36)45(51,52)53/h3-4,11-24H,1-2,5-8,25-28H2/b42-41+. The molecule has 0 aliphatic rings. The van der Waals surface area contributed by atoms with E-state index in [4.69, 9.17) is 23.7 Å². The van der Waals surface area contributed by atoms with Gasteiger partial charge in [-0.15, -0.1) is 0 Å². The van der Waals surface area contributed by atoms with Crippen LogP contribution in [0.2, 0.25) is 0 Å². The zero-order valence-corrected chi connectivity index (χ0v) is 32.1. The van der Waals surface area contributed by atoms with Crippen LogP contribution < -0.4 is 14.2 Å². The molecule has 16 heteroatoms. The van der Waals surface area contributed by atoms with Crippen molar-refractivity contribution in [2.45, 2.75) is 38.0 Å². The van der Waals surface area contributed by atoms with Crippen molar-refractivity contribution in [3.05, 3.63) is 149 Å². The van der Waals surface area contributed by atoms with Crippen molar-refractivity contribution in [1.29, 1.82) is 0 Å². The molecule has 0 unspecified atom stereocenters. The van der Waals surface area contributed by atoms with Gasteiger partial charge in [0.25, 0.3) is 0 Å². The molecule has 0 atom stereocenters. The van der Waals surface area contributed by atoms with Crippen molar-refractivity contribution in [2.24, 2.45) is 0 Å². The van der Waals surface area contributed by atoms with Crippen molar-refractivity contribution < 1.29 is 73.2 Å². The van der Waals surface area contributed by atoms with Gasteiger partial charge in [-0.25, -0.2) is 23.2 Å². The molecule has 61 heavy (non-hydrogen) atoms. The third-order valence-electron chi connectivity index (χ3n) is 8.23. The van der Waals surface area contributed by atoms with Crippen molar-refractivity contribution >= 4 is 29.6 Å². The summed E-state index contributed by atoms with van der Waals surface area (Å²) in [6.45, 7) is 6.59. The topological polar surface area (TPSA) is 97.4 Å². The highest BCUT2D eigenvalue weighted by Gasteiger charge is 2.48. The summed E-state index contributed by atoms with van der Waals surface area (Å²) in [4.78, 5) is 35.0. The van der Waals surface area contributed by atoms with Gasteiger partial charge in [-0.05, 0) is 86.3 Å². The molecule has 8 nitrogen and oxygen atoms in total. The van der Waals surface area contributed by atoms with E-state index in [1.54, 1.807) is 24.3 Å². The minimum atomic E-state index is -5.67. The molecule has 0 aliphatic heterocycles. The summed E-state index contributed by atoms with van der Waals surface area (Å²) in [6.07, 6.45) is -7.87. The predicted octanol–water partition coefficient (Wildman–Crippen LogP) is 10.9. The molecule has 0 spiro atoms. The summed E-state index contributed by atoms with van der Waals surface area (Å²) in [5.74, 6) is -1.54. The normalized spacial score (nSPS) is 11.6. The number of alkyl halides is 6. The minimum absolute atomic E-state index is 0.00851. The number of hydrogen-bond donors (Lipinski definition) is 0. The summed E-state index contributed by atoms with van der Waals surface area (Å²) in [5, 5.41) is 0. The average molecular weight is 857 g/mol. The van der Waals surface area contributed by atoms with E-state index < -0.39 is 76.7 Å². The fourth-order valence-electron chi connectivity index (χ4n) is 5.22. The zero-order chi connectivity index (χ0) is 44.6. The molecule has 0 amide bonds. The Hall–Kier alpha value is -6.89. The summed E-state index contributed by atoms with van der Waals surface area (Å²) in [6, 6.07) is 17.2. The molecule has 4 rings (SSSR count). The van der Waals surface area contributed by atoms with Gasteiger partial charge in [0.05, 0.1) is 32.0 Å². The number of carbonyl (C=O) groups excluding carboxylic acids is 3. The number of halogens is 8. The van der Waals surface area contributed by atoms with Gasteiger partial charge in [0.15, 0.2) is 11.7 Å². The maximum absolute atomic E-state index is 15.2. The van der Waals surface area contributed by atoms with E-state index in [1.807, 2.05) is 0 Å². The van der Waals surface area contributed by atoms with Crippen LogP contribution in [0.4, 0.5) is 35.1 Å². The first-order chi connectivity index (χ1) is 29.0. The van der Waals surface area contributed by atoms with Crippen LogP contribution in [-0.2, 0) is 31.4 Å². The SMILES string of the molecule is C=CC(=O)OCCCCOc1ccc(C#Cc2ccc(/C(F)=C(\F)c3ccc(C(=O)Oc4ccc(OCCCCOC(=O)C=C)c(C(F)(F)F)c4C(F)(F)F)cc3)cc2)cc1. The van der Waals surface area contributed by atoms with Gasteiger partial charge in [-0.2, -0.15) is 26.3 Å². The second kappa shape index (κ2) is 21.9. The summed E-state index contributed by atoms with van der Waals surface area (Å²) in [7, 11) is 0. The number of esters is 3. The smallest absolute Gasteiger partial charge is 0.420 e. The first-order valence-corrected chi connectivity index (χ1v) is 18.3. The molecule has 0 heterocycles. The Labute approximate surface area is 345 Å². The van der Waals surface area contributed by atoms with Crippen molar-refractivity contribution in [3.63, 3.8) is 0 Å². The molecule has 0 radical (unpaired) electrons. The minimum Gasteiger partial charge on any atom is -0.494 e. The molecule has 0 bridgehead atoms. The molecule has 0 aromatic heterocycles. The summed E-state index contributed by atoms with van der Waals surface area (Å²) < 4.78 is 140. The Morgan fingerprint density at radius 1 is 0.525 bits per heavy atom. The van der Waals surface area contributed by atoms with Crippen LogP contribution in [0.15, 0.2) is 110 Å². The lowest BCUT2D eigenvalue weighted by atomic mass is 10.0. The summed E-state index contributed by atoms with van der Waals surface area (Å²) >= 11 is 0. The van der Waals surface area contributed by atoms with Crippen molar-refractivity contribution in [3.8, 4) is 29.1 Å². The van der Waals surface area contributed by atoms with Crippen LogP contribution >= 0.6 is 0 Å². The highest BCUT2D eigenvalue weighted by atomic mass is 19.4. The fourth-order valence-corrected chi connectivity index (χ4v) is 5.22. The maximum atomic E-state index is 15.2. The molecule has 0 N–H and O–H groups in total. The molecule has 4 aromatic rings. The van der Waals surface area contributed by atoms with Gasteiger partial charge in [0.1, 0.15) is 28.4 Å². The van der Waals surface area contributed by atoms with E-state index in [0.29, 0.717) is 48.5 Å². The molecule has 320 valence electrons. The van der Waals surface area contributed by atoms with E-state index in [1.165, 1.54) is 24.3 Å². The summed E-state index contributed by atoms with van der Waals surface area (Å²) in [5.41, 5.74) is -4.41. The Morgan fingerprint density at radius 3 is 1.39 bits per heavy atom. The van der Waals surface area contributed by atoms with Crippen LogP contribution in [0.3, 0.4) is 0 Å². The Morgan fingerprint density at radius 2 is 0.918 bits per heavy atom. The van der Waals surface area contributed by atoms with E-state index in [9.17, 15) is 40.7 Å². The Bertz CT molecular complexity index is 2270. The average Bonchev–Trinajstić information content (AvgIpc) is 3.24. The lowest BCUT2D eigenvalue weighted by Gasteiger charge is -2.22. The number of benzene rings is 4. The number of rotatable bonds is 18. The zero-order valence-electron chi connectivity index (χ0n) is 32.1. The van der Waals surface area contributed by atoms with E-state index in [0.717, 1.165) is 36.4 Å². The van der Waals surface area contributed by atoms with Crippen LogP contribution in [0.25, 0.3) is 11.7 Å². The third-order valence-corrected chi connectivity index (χ3v) is 8.23. The van der Waals surface area contributed by atoms with Crippen molar-refractivity contribution in [2.75, 3.05) is 26.4 Å². The molecular formula is C45H36F8O8. The Balaban J connectivity index is 1.39. The molecule has 0 saturated carbocycles. The van der Waals surface area contributed by atoms with Gasteiger partial charge < -0.3 is 23.7 Å². The van der Waals surface area contributed by atoms with E-state index in [-0.39, 0.29) is 37.2 Å². The molecule has 0 saturated heterocycles. The first-order valence-electron chi connectivity index (χ1n) is 18.3. The highest BCUT2D eigenvalue weighted by Crippen LogP contribution is 2.49. The van der Waals surface area contributed by atoms with Gasteiger partial charge >= 0.3 is 30.3 Å². The Kier molecular flexibility index (Phi) is 16.8. The van der Waals surface area contributed by atoms with Gasteiger partial charge in [0, 0.05) is 34.4 Å². The van der Waals surface area contributed by atoms with Crippen molar-refractivity contribution in [1.82, 2.24) is 0 Å². The lowest BCUT2D eigenvalue weighted by molar-refractivity contribution is -0.163. The van der Waals surface area contributed by atoms with Crippen LogP contribution in [-0.4, -0.2) is 44.3 Å². The number of ether oxygens (including phenoxy) is 5. The monoisotopic (exact) mass is 856 g/mol. The molecule has 0 fully saturated rings. The second-order valence-corrected chi connectivity index (χ2v) is 12.6. The molecular weight excluding hydrogens is 820 g/mol. The number of unbranched alkanes of at least 4 members (excludes halogenated alkanes) is 2. The fraction of sp³-hybridized carbons (Fsp3) is 0.222. The third kappa shape index (κ3) is 14.1. The van der Waals surface area contributed by atoms with Crippen LogP contribution in [0, 0.1) is 11.8 Å². The quantitative estimate of drug-likeness (QED) is 0.0186. The van der Waals surface area contributed by atoms with Gasteiger partial charge in [-0.3, -0.25) is 0 Å². The maximum Gasteiger partial charge on any atom is 0.420 e. The number of carbonyl (C=O) groups is 3. The highest BCUT2D eigenvalue weighted by molar-refractivity contribution is 5.92. The van der Waals surface area contributed by atoms with Crippen LogP contribution in [0.1, 0.15) is 69.4 Å². The number of hydrogen-bond acceptors (Lipinski definition) is 8. The van der Waals surface area contributed by atoms with Gasteiger partial charge in [-0.1, -0.05) is 49.3 Å². The van der Waals surface area contributed by atoms with Crippen LogP contribution in [0.5, 0.6) is 17.2 Å². The van der Waals surface area contributed by atoms with Gasteiger partial charge in [0.2, 0.25) is 0 Å². The first kappa shape index (κ1) is 46.8. The predicted molar refractivity (Wildman–Crippen MR) is 208 cm³/mol. The second-order valence-electron chi connectivity index (χ2n) is 12.6. The largest absolute Gasteiger partial charge is 0.494 e.